The number of ether oxygens (including phenoxy) is 3. The summed E-state index contributed by atoms with van der Waals surface area (Å²) in [4.78, 5) is 17.4. The number of amidine groups is 1. The van der Waals surface area contributed by atoms with Crippen LogP contribution in [0.3, 0.4) is 0 Å². The molecular weight excluding hydrogens is 274 g/mol. The Hall–Kier alpha value is -2.28. The van der Waals surface area contributed by atoms with Gasteiger partial charge < -0.3 is 24.8 Å². The van der Waals surface area contributed by atoms with Gasteiger partial charge in [-0.2, -0.15) is 4.99 Å². The Balaban J connectivity index is 2.41. The summed E-state index contributed by atoms with van der Waals surface area (Å²) in [6, 6.07) is 4.51. The molecule has 0 saturated heterocycles. The molecule has 0 bridgehead atoms. The number of methoxy groups -OCH3 is 3. The highest BCUT2D eigenvalue weighted by Gasteiger charge is 2.36. The van der Waals surface area contributed by atoms with E-state index in [4.69, 9.17) is 19.9 Å². The third-order valence-corrected chi connectivity index (χ3v) is 3.33. The molecule has 1 aliphatic rings. The highest BCUT2D eigenvalue weighted by molar-refractivity contribution is 6.03. The highest BCUT2D eigenvalue weighted by Crippen LogP contribution is 2.35. The van der Waals surface area contributed by atoms with Crippen molar-refractivity contribution in [1.29, 1.82) is 0 Å². The maximum Gasteiger partial charge on any atom is 0.346 e. The summed E-state index contributed by atoms with van der Waals surface area (Å²) in [6.45, 7) is 0.794. The van der Waals surface area contributed by atoms with E-state index < -0.39 is 6.04 Å². The van der Waals surface area contributed by atoms with Crippen LogP contribution in [-0.4, -0.2) is 51.2 Å². The summed E-state index contributed by atoms with van der Waals surface area (Å²) < 4.78 is 15.6. The van der Waals surface area contributed by atoms with Crippen LogP contribution in [0.1, 0.15) is 11.6 Å². The van der Waals surface area contributed by atoms with Crippen LogP contribution >= 0.6 is 0 Å². The molecular formula is C14H19N3O4. The second-order valence-electron chi connectivity index (χ2n) is 4.52. The van der Waals surface area contributed by atoms with E-state index in [-0.39, 0.29) is 11.9 Å². The van der Waals surface area contributed by atoms with Gasteiger partial charge >= 0.3 is 6.03 Å². The average Bonchev–Trinajstić information content (AvgIpc) is 2.78. The van der Waals surface area contributed by atoms with Crippen LogP contribution in [0.25, 0.3) is 0 Å². The molecule has 0 spiro atoms. The minimum absolute atomic E-state index is 0.239. The van der Waals surface area contributed by atoms with Crippen LogP contribution in [0.5, 0.6) is 11.5 Å². The first kappa shape index (κ1) is 15.1. The lowest BCUT2D eigenvalue weighted by Crippen LogP contribution is -2.35. The third kappa shape index (κ3) is 2.92. The Kier molecular flexibility index (Phi) is 4.64. The molecule has 0 fully saturated rings. The van der Waals surface area contributed by atoms with Crippen molar-refractivity contribution in [2.75, 3.05) is 34.5 Å². The van der Waals surface area contributed by atoms with E-state index in [1.807, 2.05) is 0 Å². The monoisotopic (exact) mass is 293 g/mol. The summed E-state index contributed by atoms with van der Waals surface area (Å²) in [7, 11) is 4.71. The maximum absolute atomic E-state index is 12.0. The van der Waals surface area contributed by atoms with Gasteiger partial charge in [0, 0.05) is 19.2 Å². The van der Waals surface area contributed by atoms with Gasteiger partial charge in [0.15, 0.2) is 0 Å². The first-order valence-corrected chi connectivity index (χ1v) is 6.48. The van der Waals surface area contributed by atoms with Gasteiger partial charge in [0.25, 0.3) is 0 Å². The second-order valence-corrected chi connectivity index (χ2v) is 4.52. The number of carbonyl (C=O) groups is 1. The molecule has 0 aromatic heterocycles. The summed E-state index contributed by atoms with van der Waals surface area (Å²) >= 11 is 0. The van der Waals surface area contributed by atoms with E-state index in [2.05, 4.69) is 4.99 Å². The van der Waals surface area contributed by atoms with Crippen molar-refractivity contribution in [1.82, 2.24) is 4.90 Å². The lowest BCUT2D eigenvalue weighted by molar-refractivity contribution is 0.150. The Bertz CT molecular complexity index is 559. The fourth-order valence-corrected chi connectivity index (χ4v) is 2.30. The predicted molar refractivity (Wildman–Crippen MR) is 77.9 cm³/mol. The van der Waals surface area contributed by atoms with Gasteiger partial charge in [-0.25, -0.2) is 4.79 Å². The molecule has 114 valence electrons. The number of carbonyl (C=O) groups excluding carboxylic acids is 1. The molecule has 1 aliphatic heterocycles. The zero-order chi connectivity index (χ0) is 15.4. The topological polar surface area (TPSA) is 86.4 Å². The number of hydrogen-bond donors (Lipinski definition) is 1. The van der Waals surface area contributed by atoms with Crippen molar-refractivity contribution < 1.29 is 19.0 Å². The quantitative estimate of drug-likeness (QED) is 0.851. The summed E-state index contributed by atoms with van der Waals surface area (Å²) in [5.41, 5.74) is 6.67. The van der Waals surface area contributed by atoms with E-state index >= 15 is 0 Å². The minimum atomic E-state index is -0.474. The van der Waals surface area contributed by atoms with Crippen LogP contribution in [0.2, 0.25) is 0 Å². The average molecular weight is 293 g/mol. The van der Waals surface area contributed by atoms with Gasteiger partial charge in [0.1, 0.15) is 23.4 Å². The smallest absolute Gasteiger partial charge is 0.346 e. The molecule has 2 amide bonds. The zero-order valence-corrected chi connectivity index (χ0v) is 12.3. The number of urea groups is 1. The van der Waals surface area contributed by atoms with E-state index in [0.717, 1.165) is 5.56 Å². The number of benzene rings is 1. The van der Waals surface area contributed by atoms with Crippen molar-refractivity contribution >= 4 is 11.9 Å². The fourth-order valence-electron chi connectivity index (χ4n) is 2.30. The third-order valence-electron chi connectivity index (χ3n) is 3.33. The molecule has 1 heterocycles. The molecule has 1 aromatic carbocycles. The van der Waals surface area contributed by atoms with Crippen molar-refractivity contribution in [3.05, 3.63) is 23.8 Å². The minimum Gasteiger partial charge on any atom is -0.497 e. The van der Waals surface area contributed by atoms with Crippen LogP contribution in [0, 0.1) is 0 Å². The Morgan fingerprint density at radius 1 is 1.29 bits per heavy atom. The van der Waals surface area contributed by atoms with Crippen LogP contribution < -0.4 is 15.2 Å². The first-order valence-electron chi connectivity index (χ1n) is 6.48. The van der Waals surface area contributed by atoms with E-state index in [1.54, 1.807) is 44.4 Å². The number of aliphatic imine (C=N–C) groups is 1. The predicted octanol–water partition coefficient (Wildman–Crippen LogP) is 1.18. The Morgan fingerprint density at radius 2 is 2.05 bits per heavy atom. The highest BCUT2D eigenvalue weighted by atomic mass is 16.5. The van der Waals surface area contributed by atoms with Gasteiger partial charge in [0.05, 0.1) is 20.8 Å². The summed E-state index contributed by atoms with van der Waals surface area (Å²) in [5, 5.41) is 0. The number of nitrogens with zero attached hydrogens (tertiary/aromatic N) is 2. The zero-order valence-electron chi connectivity index (χ0n) is 12.3. The largest absolute Gasteiger partial charge is 0.497 e. The maximum atomic E-state index is 12.0. The van der Waals surface area contributed by atoms with Crippen molar-refractivity contribution in [3.8, 4) is 11.5 Å². The molecule has 2 rings (SSSR count). The lowest BCUT2D eigenvalue weighted by atomic mass is 10.0. The van der Waals surface area contributed by atoms with Gasteiger partial charge in [-0.3, -0.25) is 0 Å². The van der Waals surface area contributed by atoms with Crippen molar-refractivity contribution in [2.24, 2.45) is 10.7 Å². The van der Waals surface area contributed by atoms with Crippen LogP contribution in [0.4, 0.5) is 4.79 Å². The van der Waals surface area contributed by atoms with E-state index in [1.165, 1.54) is 0 Å². The Labute approximate surface area is 123 Å². The lowest BCUT2D eigenvalue weighted by Gasteiger charge is -2.25. The molecule has 1 aromatic rings. The van der Waals surface area contributed by atoms with Gasteiger partial charge in [-0.1, -0.05) is 0 Å². The molecule has 1 unspecified atom stereocenters. The summed E-state index contributed by atoms with van der Waals surface area (Å²) in [5.74, 6) is 1.52. The molecule has 0 aliphatic carbocycles. The first-order chi connectivity index (χ1) is 10.1. The molecule has 7 heteroatoms. The number of rotatable bonds is 6. The van der Waals surface area contributed by atoms with Gasteiger partial charge in [0.2, 0.25) is 0 Å². The van der Waals surface area contributed by atoms with Crippen LogP contribution in [-0.2, 0) is 4.74 Å². The van der Waals surface area contributed by atoms with Gasteiger partial charge in [-0.15, -0.1) is 0 Å². The van der Waals surface area contributed by atoms with Crippen LogP contribution in [0.15, 0.2) is 23.2 Å². The standard InChI is InChI=1S/C14H19N3O4/c1-19-7-6-17-12(13(15)16-14(17)18)10-8-9(20-2)4-5-11(10)21-3/h4-5,8,12H,6-7H2,1-3H3,(H2,15,16,18). The fraction of sp³-hybridized carbons (Fsp3) is 0.429. The number of amides is 2. The molecule has 21 heavy (non-hydrogen) atoms. The SMILES string of the molecule is COCCN1C(=O)N=C(N)C1c1cc(OC)ccc1OC. The van der Waals surface area contributed by atoms with Crippen molar-refractivity contribution in [2.45, 2.75) is 6.04 Å². The number of nitrogens with two attached hydrogens (primary N) is 1. The van der Waals surface area contributed by atoms with Crippen molar-refractivity contribution in [3.63, 3.8) is 0 Å². The van der Waals surface area contributed by atoms with E-state index in [9.17, 15) is 4.79 Å². The normalized spacial score (nSPS) is 17.9. The molecule has 0 radical (unpaired) electrons. The van der Waals surface area contributed by atoms with Gasteiger partial charge in [-0.05, 0) is 18.2 Å². The second kappa shape index (κ2) is 6.45. The Morgan fingerprint density at radius 3 is 2.67 bits per heavy atom. The molecule has 7 nitrogen and oxygen atoms in total. The van der Waals surface area contributed by atoms with E-state index in [0.29, 0.717) is 24.7 Å². The number of hydrogen-bond acceptors (Lipinski definition) is 5. The molecule has 1 atom stereocenters. The molecule has 2 N–H and O–H groups in total. The summed E-state index contributed by atoms with van der Waals surface area (Å²) in [6.07, 6.45) is 0. The molecule has 0 saturated carbocycles.